The molecule has 0 unspecified atom stereocenters. The van der Waals surface area contributed by atoms with Crippen molar-refractivity contribution in [3.8, 4) is 11.3 Å². The van der Waals surface area contributed by atoms with Crippen LogP contribution in [-0.2, 0) is 6.54 Å². The van der Waals surface area contributed by atoms with Crippen molar-refractivity contribution in [1.29, 1.82) is 0 Å². The average Bonchev–Trinajstić information content (AvgIpc) is 2.92. The topological polar surface area (TPSA) is 38.1 Å². The third-order valence-electron chi connectivity index (χ3n) is 3.25. The molecule has 0 bridgehead atoms. The first-order valence-electron chi connectivity index (χ1n) is 6.64. The van der Waals surface area contributed by atoms with E-state index < -0.39 is 0 Å². The highest BCUT2D eigenvalue weighted by Gasteiger charge is 2.12. The summed E-state index contributed by atoms with van der Waals surface area (Å²) in [6, 6.07) is 16.2. The standard InChI is InChI=1S/C17H16N2O.ClH/c1-2-11-18-12-13-7-3-4-8-14(13)17-15-9-5-6-10-16(15)20-19-17;/h2-10,18H,1,11-12H2;1H. The predicted molar refractivity (Wildman–Crippen MR) is 88.6 cm³/mol. The second-order valence-corrected chi connectivity index (χ2v) is 4.60. The highest BCUT2D eigenvalue weighted by molar-refractivity contribution is 5.92. The number of fused-ring (bicyclic) bond motifs is 1. The molecule has 1 N–H and O–H groups in total. The van der Waals surface area contributed by atoms with Crippen molar-refractivity contribution in [3.63, 3.8) is 0 Å². The molecule has 0 amide bonds. The average molecular weight is 301 g/mol. The number of hydrogen-bond donors (Lipinski definition) is 1. The highest BCUT2D eigenvalue weighted by Crippen LogP contribution is 2.30. The van der Waals surface area contributed by atoms with Crippen LogP contribution in [0.4, 0.5) is 0 Å². The summed E-state index contributed by atoms with van der Waals surface area (Å²) in [6.45, 7) is 5.28. The van der Waals surface area contributed by atoms with Crippen LogP contribution < -0.4 is 5.32 Å². The van der Waals surface area contributed by atoms with Crippen LogP contribution in [0.1, 0.15) is 5.56 Å². The zero-order valence-corrected chi connectivity index (χ0v) is 12.4. The van der Waals surface area contributed by atoms with Gasteiger partial charge in [-0.05, 0) is 17.7 Å². The largest absolute Gasteiger partial charge is 0.356 e. The molecule has 2 aromatic carbocycles. The molecule has 0 fully saturated rings. The van der Waals surface area contributed by atoms with Crippen molar-refractivity contribution in [2.24, 2.45) is 0 Å². The summed E-state index contributed by atoms with van der Waals surface area (Å²) in [4.78, 5) is 0. The van der Waals surface area contributed by atoms with Crippen molar-refractivity contribution in [2.45, 2.75) is 6.54 Å². The summed E-state index contributed by atoms with van der Waals surface area (Å²) in [6.07, 6.45) is 1.86. The maximum atomic E-state index is 5.40. The van der Waals surface area contributed by atoms with E-state index in [2.05, 4.69) is 29.2 Å². The van der Waals surface area contributed by atoms with E-state index in [0.717, 1.165) is 35.3 Å². The SMILES string of the molecule is C=CCNCc1ccccc1-c1noc2ccccc12.Cl. The van der Waals surface area contributed by atoms with Gasteiger partial charge in [0.2, 0.25) is 0 Å². The summed E-state index contributed by atoms with van der Waals surface area (Å²) < 4.78 is 5.40. The van der Waals surface area contributed by atoms with Gasteiger partial charge in [-0.1, -0.05) is 47.6 Å². The van der Waals surface area contributed by atoms with Gasteiger partial charge in [-0.2, -0.15) is 0 Å². The second-order valence-electron chi connectivity index (χ2n) is 4.60. The molecule has 3 aromatic rings. The fourth-order valence-corrected chi connectivity index (χ4v) is 2.29. The molecule has 0 atom stereocenters. The molecular formula is C17H17ClN2O. The van der Waals surface area contributed by atoms with Crippen LogP contribution in [0, 0.1) is 0 Å². The fourth-order valence-electron chi connectivity index (χ4n) is 2.29. The summed E-state index contributed by atoms with van der Waals surface area (Å²) in [7, 11) is 0. The fraction of sp³-hybridized carbons (Fsp3) is 0.118. The molecule has 3 rings (SSSR count). The number of nitrogens with zero attached hydrogens (tertiary/aromatic N) is 1. The van der Waals surface area contributed by atoms with Gasteiger partial charge in [0.05, 0.1) is 0 Å². The van der Waals surface area contributed by atoms with E-state index in [9.17, 15) is 0 Å². The Kier molecular flexibility index (Phi) is 5.14. The van der Waals surface area contributed by atoms with Gasteiger partial charge in [-0.15, -0.1) is 19.0 Å². The van der Waals surface area contributed by atoms with Crippen molar-refractivity contribution >= 4 is 23.4 Å². The smallest absolute Gasteiger partial charge is 0.167 e. The summed E-state index contributed by atoms with van der Waals surface area (Å²) in [5, 5.41) is 8.60. The van der Waals surface area contributed by atoms with Crippen molar-refractivity contribution in [3.05, 3.63) is 66.7 Å². The first-order valence-corrected chi connectivity index (χ1v) is 6.64. The summed E-state index contributed by atoms with van der Waals surface area (Å²) in [5.41, 5.74) is 4.02. The van der Waals surface area contributed by atoms with E-state index in [0.29, 0.717) is 0 Å². The Hall–Kier alpha value is -2.10. The number of nitrogens with one attached hydrogen (secondary N) is 1. The molecule has 4 heteroatoms. The third-order valence-corrected chi connectivity index (χ3v) is 3.25. The van der Waals surface area contributed by atoms with Gasteiger partial charge in [-0.25, -0.2) is 0 Å². The molecule has 0 saturated carbocycles. The van der Waals surface area contributed by atoms with E-state index in [4.69, 9.17) is 4.52 Å². The first kappa shape index (κ1) is 15.3. The molecule has 1 aromatic heterocycles. The van der Waals surface area contributed by atoms with E-state index in [-0.39, 0.29) is 12.4 Å². The third kappa shape index (κ3) is 3.15. The molecular weight excluding hydrogens is 284 g/mol. The number of rotatable bonds is 5. The lowest BCUT2D eigenvalue weighted by Crippen LogP contribution is -2.13. The van der Waals surface area contributed by atoms with Gasteiger partial charge in [0.25, 0.3) is 0 Å². The van der Waals surface area contributed by atoms with Gasteiger partial charge >= 0.3 is 0 Å². The minimum absolute atomic E-state index is 0. The monoisotopic (exact) mass is 300 g/mol. The van der Waals surface area contributed by atoms with E-state index in [1.807, 2.05) is 42.5 Å². The Morgan fingerprint density at radius 2 is 1.86 bits per heavy atom. The quantitative estimate of drug-likeness (QED) is 0.567. The highest BCUT2D eigenvalue weighted by atomic mass is 35.5. The molecule has 1 heterocycles. The van der Waals surface area contributed by atoms with Crippen molar-refractivity contribution in [2.75, 3.05) is 6.54 Å². The van der Waals surface area contributed by atoms with Crippen LogP contribution in [0.15, 0.2) is 65.7 Å². The maximum Gasteiger partial charge on any atom is 0.167 e. The maximum absolute atomic E-state index is 5.40. The van der Waals surface area contributed by atoms with Crippen LogP contribution in [0.25, 0.3) is 22.2 Å². The molecule has 0 aliphatic rings. The van der Waals surface area contributed by atoms with Crippen LogP contribution in [0.3, 0.4) is 0 Å². The normalized spacial score (nSPS) is 10.3. The second kappa shape index (κ2) is 7.07. The van der Waals surface area contributed by atoms with Gasteiger partial charge in [0.15, 0.2) is 5.58 Å². The predicted octanol–water partition coefficient (Wildman–Crippen LogP) is 4.19. The van der Waals surface area contributed by atoms with E-state index in [1.165, 1.54) is 5.56 Å². The first-order chi connectivity index (χ1) is 9.90. The molecule has 0 radical (unpaired) electrons. The molecule has 0 aliphatic heterocycles. The minimum Gasteiger partial charge on any atom is -0.356 e. The van der Waals surface area contributed by atoms with Crippen LogP contribution in [0.5, 0.6) is 0 Å². The Bertz CT molecular complexity index is 736. The Morgan fingerprint density at radius 3 is 2.71 bits per heavy atom. The lowest BCUT2D eigenvalue weighted by molar-refractivity contribution is 0.459. The van der Waals surface area contributed by atoms with Crippen LogP contribution in [-0.4, -0.2) is 11.7 Å². The van der Waals surface area contributed by atoms with Crippen LogP contribution in [0.2, 0.25) is 0 Å². The van der Waals surface area contributed by atoms with Gasteiger partial charge in [-0.3, -0.25) is 0 Å². The van der Waals surface area contributed by atoms with Crippen LogP contribution >= 0.6 is 12.4 Å². The summed E-state index contributed by atoms with van der Waals surface area (Å²) in [5.74, 6) is 0. The Labute approximate surface area is 130 Å². The molecule has 0 spiro atoms. The zero-order chi connectivity index (χ0) is 13.8. The molecule has 21 heavy (non-hydrogen) atoms. The van der Waals surface area contributed by atoms with E-state index >= 15 is 0 Å². The summed E-state index contributed by atoms with van der Waals surface area (Å²) >= 11 is 0. The number of aromatic nitrogens is 1. The molecule has 3 nitrogen and oxygen atoms in total. The number of para-hydroxylation sites is 1. The van der Waals surface area contributed by atoms with E-state index in [1.54, 1.807) is 0 Å². The van der Waals surface area contributed by atoms with Gasteiger partial charge in [0, 0.05) is 24.0 Å². The lowest BCUT2D eigenvalue weighted by atomic mass is 10.0. The molecule has 108 valence electrons. The number of halogens is 1. The van der Waals surface area contributed by atoms with Crippen molar-refractivity contribution in [1.82, 2.24) is 10.5 Å². The van der Waals surface area contributed by atoms with Gasteiger partial charge < -0.3 is 9.84 Å². The number of benzene rings is 2. The lowest BCUT2D eigenvalue weighted by Gasteiger charge is -2.07. The zero-order valence-electron chi connectivity index (χ0n) is 11.6. The molecule has 0 aliphatic carbocycles. The number of hydrogen-bond acceptors (Lipinski definition) is 3. The molecule has 0 saturated heterocycles. The minimum atomic E-state index is 0. The van der Waals surface area contributed by atoms with Gasteiger partial charge in [0.1, 0.15) is 5.69 Å². The Morgan fingerprint density at radius 1 is 1.10 bits per heavy atom. The van der Waals surface area contributed by atoms with Crippen molar-refractivity contribution < 1.29 is 4.52 Å². The Balaban J connectivity index is 0.00000161.